The van der Waals surface area contributed by atoms with Gasteiger partial charge in [-0.1, -0.05) is 29.8 Å². The number of benzene rings is 1. The molecule has 32 heavy (non-hydrogen) atoms. The Morgan fingerprint density at radius 2 is 1.69 bits per heavy atom. The number of halogens is 2. The lowest BCUT2D eigenvalue weighted by molar-refractivity contribution is 0.414. The zero-order chi connectivity index (χ0) is 22.1. The molecule has 2 N–H and O–H groups in total. The van der Waals surface area contributed by atoms with E-state index in [0.717, 1.165) is 54.9 Å². The maximum absolute atomic E-state index is 5.86. The van der Waals surface area contributed by atoms with Crippen molar-refractivity contribution >= 4 is 41.5 Å². The van der Waals surface area contributed by atoms with Crippen molar-refractivity contribution in [1.29, 1.82) is 0 Å². The Bertz CT molecular complexity index is 991. The Labute approximate surface area is 210 Å². The molecule has 3 aromatic rings. The molecule has 172 valence electrons. The van der Waals surface area contributed by atoms with Crippen LogP contribution in [0.15, 0.2) is 47.6 Å². The molecule has 3 rings (SSSR count). The van der Waals surface area contributed by atoms with Gasteiger partial charge in [0.1, 0.15) is 23.3 Å². The lowest BCUT2D eigenvalue weighted by Gasteiger charge is -2.13. The first-order valence-electron chi connectivity index (χ1n) is 10.2. The molecule has 0 radical (unpaired) electrons. The first-order chi connectivity index (χ1) is 15.0. The van der Waals surface area contributed by atoms with E-state index in [9.17, 15) is 0 Å². The van der Waals surface area contributed by atoms with Crippen molar-refractivity contribution in [3.63, 3.8) is 0 Å². The van der Waals surface area contributed by atoms with E-state index in [1.165, 1.54) is 5.56 Å². The van der Waals surface area contributed by atoms with E-state index in [0.29, 0.717) is 11.7 Å². The molecule has 0 aliphatic rings. The van der Waals surface area contributed by atoms with Crippen LogP contribution in [0, 0.1) is 6.92 Å². The van der Waals surface area contributed by atoms with E-state index < -0.39 is 0 Å². The molecule has 0 aliphatic heterocycles. The smallest absolute Gasteiger partial charge is 0.191 e. The molecule has 0 spiro atoms. The molecule has 2 heterocycles. The van der Waals surface area contributed by atoms with Crippen molar-refractivity contribution in [2.24, 2.45) is 12.0 Å². The number of guanidine groups is 1. The average Bonchev–Trinajstić information content (AvgIpc) is 3.11. The van der Waals surface area contributed by atoms with Crippen LogP contribution in [-0.2, 0) is 26.4 Å². The highest BCUT2D eigenvalue weighted by Crippen LogP contribution is 2.11. The maximum Gasteiger partial charge on any atom is 0.191 e. The van der Waals surface area contributed by atoms with Gasteiger partial charge < -0.3 is 19.9 Å². The first-order valence-corrected chi connectivity index (χ1v) is 10.5. The van der Waals surface area contributed by atoms with Crippen molar-refractivity contribution in [2.45, 2.75) is 26.3 Å². The normalized spacial score (nSPS) is 11.1. The highest BCUT2D eigenvalue weighted by molar-refractivity contribution is 14.0. The third kappa shape index (κ3) is 7.94. The fraction of sp³-hybridized carbons (Fsp3) is 0.364. The third-order valence-electron chi connectivity index (χ3n) is 4.92. The van der Waals surface area contributed by atoms with Crippen molar-refractivity contribution in [3.8, 4) is 5.75 Å². The van der Waals surface area contributed by atoms with Gasteiger partial charge in [0.15, 0.2) is 11.8 Å². The molecule has 1 aromatic carbocycles. The van der Waals surface area contributed by atoms with Gasteiger partial charge in [0.05, 0.1) is 7.11 Å². The fourth-order valence-corrected chi connectivity index (χ4v) is 3.02. The second kappa shape index (κ2) is 13.2. The number of aryl methyl sites for hydroxylation is 1. The van der Waals surface area contributed by atoms with Crippen LogP contribution in [0.1, 0.15) is 22.8 Å². The summed E-state index contributed by atoms with van der Waals surface area (Å²) < 4.78 is 7.16. The number of hydrogen-bond acceptors (Lipinski definition) is 5. The van der Waals surface area contributed by atoms with Crippen LogP contribution in [0.25, 0.3) is 0 Å². The Morgan fingerprint density at radius 1 is 1.03 bits per heavy atom. The fourth-order valence-electron chi connectivity index (χ4n) is 2.91. The third-order valence-corrected chi connectivity index (χ3v) is 5.14. The van der Waals surface area contributed by atoms with Gasteiger partial charge in [-0.15, -0.1) is 34.2 Å². The summed E-state index contributed by atoms with van der Waals surface area (Å²) in [6, 6.07) is 11.9. The number of aliphatic imine (C=N–C) groups is 1. The van der Waals surface area contributed by atoms with E-state index in [2.05, 4.69) is 42.9 Å². The van der Waals surface area contributed by atoms with Crippen molar-refractivity contribution in [2.75, 3.05) is 20.2 Å². The molecular weight excluding hydrogens is 541 g/mol. The van der Waals surface area contributed by atoms with Crippen molar-refractivity contribution in [3.05, 3.63) is 70.5 Å². The van der Waals surface area contributed by atoms with Crippen LogP contribution in [0.5, 0.6) is 5.75 Å². The predicted octanol–water partition coefficient (Wildman–Crippen LogP) is 3.32. The quantitative estimate of drug-likeness (QED) is 0.178. The number of methoxy groups -OCH3 is 1. The molecule has 0 aliphatic carbocycles. The van der Waals surface area contributed by atoms with E-state index in [4.69, 9.17) is 16.3 Å². The number of pyridine rings is 1. The monoisotopic (exact) mass is 569 g/mol. The summed E-state index contributed by atoms with van der Waals surface area (Å²) in [5, 5.41) is 15.6. The topological polar surface area (TPSA) is 89.2 Å². The van der Waals surface area contributed by atoms with Gasteiger partial charge in [-0.25, -0.2) is 9.98 Å². The summed E-state index contributed by atoms with van der Waals surface area (Å²) in [6.45, 7) is 3.83. The molecule has 0 fully saturated rings. The number of ether oxygens (including phenoxy) is 1. The Morgan fingerprint density at radius 3 is 2.25 bits per heavy atom. The molecule has 8 nitrogen and oxygen atoms in total. The minimum Gasteiger partial charge on any atom is -0.497 e. The molecule has 0 atom stereocenters. The highest BCUT2D eigenvalue weighted by atomic mass is 127. The molecule has 0 saturated heterocycles. The molecule has 0 bridgehead atoms. The van der Waals surface area contributed by atoms with Gasteiger partial charge in [0.25, 0.3) is 0 Å². The predicted molar refractivity (Wildman–Crippen MR) is 138 cm³/mol. The molecule has 0 saturated carbocycles. The lowest BCUT2D eigenvalue weighted by Crippen LogP contribution is -2.39. The number of nitrogens with zero attached hydrogens (tertiary/aromatic N) is 5. The number of rotatable bonds is 9. The number of nitrogens with one attached hydrogen (secondary N) is 2. The number of aromatic nitrogens is 4. The van der Waals surface area contributed by atoms with Crippen molar-refractivity contribution < 1.29 is 4.74 Å². The first kappa shape index (κ1) is 25.9. The van der Waals surface area contributed by atoms with E-state index >= 15 is 0 Å². The average molecular weight is 570 g/mol. The summed E-state index contributed by atoms with van der Waals surface area (Å²) in [7, 11) is 3.61. The molecule has 0 unspecified atom stereocenters. The second-order valence-electron chi connectivity index (χ2n) is 7.08. The largest absolute Gasteiger partial charge is 0.497 e. The minimum atomic E-state index is 0. The standard InChI is InChI=1S/C22H28ClN7O.HI/c1-16-28-29-21(30(16)2)15-27-22(25-13-11-18-6-9-20(23)26-14-18)24-12-10-17-4-7-19(31-3)8-5-17;/h4-9,14H,10-13,15H2,1-3H3,(H2,24,25,27);1H. The van der Waals surface area contributed by atoms with Crippen LogP contribution >= 0.6 is 35.6 Å². The number of hydrogen-bond donors (Lipinski definition) is 2. The maximum atomic E-state index is 5.86. The van der Waals surface area contributed by atoms with Crippen LogP contribution in [0.2, 0.25) is 5.15 Å². The lowest BCUT2D eigenvalue weighted by atomic mass is 10.1. The molecular formula is C22H29ClIN7O. The highest BCUT2D eigenvalue weighted by Gasteiger charge is 2.06. The SMILES string of the molecule is COc1ccc(CCNC(=NCc2nnc(C)n2C)NCCc2ccc(Cl)nc2)cc1.I. The summed E-state index contributed by atoms with van der Waals surface area (Å²) >= 11 is 5.86. The van der Waals surface area contributed by atoms with E-state index in [1.54, 1.807) is 19.4 Å². The Kier molecular flexibility index (Phi) is 10.7. The van der Waals surface area contributed by atoms with Gasteiger partial charge in [-0.2, -0.15) is 0 Å². The van der Waals surface area contributed by atoms with Crippen LogP contribution in [0.4, 0.5) is 0 Å². The minimum absolute atomic E-state index is 0. The van der Waals surface area contributed by atoms with Crippen molar-refractivity contribution in [1.82, 2.24) is 30.4 Å². The zero-order valence-electron chi connectivity index (χ0n) is 18.5. The Hall–Kier alpha value is -2.40. The summed E-state index contributed by atoms with van der Waals surface area (Å²) in [6.07, 6.45) is 3.47. The van der Waals surface area contributed by atoms with Gasteiger partial charge in [0, 0.05) is 26.3 Å². The molecule has 0 amide bonds. The summed E-state index contributed by atoms with van der Waals surface area (Å²) in [5.74, 6) is 3.27. The van der Waals surface area contributed by atoms with Crippen LogP contribution in [-0.4, -0.2) is 45.9 Å². The van der Waals surface area contributed by atoms with Gasteiger partial charge in [0.2, 0.25) is 0 Å². The van der Waals surface area contributed by atoms with Crippen LogP contribution in [0.3, 0.4) is 0 Å². The second-order valence-corrected chi connectivity index (χ2v) is 7.47. The zero-order valence-corrected chi connectivity index (χ0v) is 21.6. The summed E-state index contributed by atoms with van der Waals surface area (Å²) in [5.41, 5.74) is 2.34. The van der Waals surface area contributed by atoms with Gasteiger partial charge in [-0.3, -0.25) is 0 Å². The molecule has 2 aromatic heterocycles. The van der Waals surface area contributed by atoms with E-state index in [-0.39, 0.29) is 24.0 Å². The molecule has 10 heteroatoms. The van der Waals surface area contributed by atoms with Gasteiger partial charge in [-0.05, 0) is 49.1 Å². The Balaban J connectivity index is 0.00000363. The van der Waals surface area contributed by atoms with Gasteiger partial charge >= 0.3 is 0 Å². The van der Waals surface area contributed by atoms with E-state index in [1.807, 2.05) is 36.7 Å². The van der Waals surface area contributed by atoms with Crippen LogP contribution < -0.4 is 15.4 Å². The summed E-state index contributed by atoms with van der Waals surface area (Å²) in [4.78, 5) is 8.81.